The summed E-state index contributed by atoms with van der Waals surface area (Å²) in [7, 11) is 0. The molecule has 98 valence electrons. The van der Waals surface area contributed by atoms with Gasteiger partial charge in [0.2, 0.25) is 10.5 Å². The van der Waals surface area contributed by atoms with Gasteiger partial charge in [0.25, 0.3) is 0 Å². The second kappa shape index (κ2) is 5.83. The van der Waals surface area contributed by atoms with Crippen molar-refractivity contribution >= 4 is 21.6 Å². The van der Waals surface area contributed by atoms with E-state index in [0.29, 0.717) is 0 Å². The second-order valence-corrected chi connectivity index (χ2v) is 6.05. The molecule has 0 N–H and O–H groups in total. The highest BCUT2D eigenvalue weighted by Crippen LogP contribution is 2.35. The third-order valence-corrected chi connectivity index (χ3v) is 5.24. The lowest BCUT2D eigenvalue weighted by Gasteiger charge is -2.17. The van der Waals surface area contributed by atoms with Crippen molar-refractivity contribution in [2.45, 2.75) is 58.9 Å². The zero-order chi connectivity index (χ0) is 11.7. The van der Waals surface area contributed by atoms with Crippen LogP contribution in [-0.2, 0) is 6.54 Å². The number of hydrogen-bond acceptors (Lipinski definition) is 1. The SMILES string of the molecule is C.CC[n+]1c(C2CCCCC2)sc2ccccc21. The maximum atomic E-state index is 2.54. The molecule has 0 amide bonds. The van der Waals surface area contributed by atoms with E-state index in [-0.39, 0.29) is 7.43 Å². The van der Waals surface area contributed by atoms with Gasteiger partial charge >= 0.3 is 0 Å². The normalized spacial score (nSPS) is 16.7. The van der Waals surface area contributed by atoms with Gasteiger partial charge in [-0.15, -0.1) is 0 Å². The van der Waals surface area contributed by atoms with Crippen molar-refractivity contribution in [3.05, 3.63) is 29.3 Å². The first-order valence-corrected chi connectivity index (χ1v) is 7.63. The van der Waals surface area contributed by atoms with E-state index in [9.17, 15) is 0 Å². The van der Waals surface area contributed by atoms with Gasteiger partial charge in [0, 0.05) is 6.07 Å². The molecule has 1 saturated carbocycles. The van der Waals surface area contributed by atoms with Crippen molar-refractivity contribution in [3.8, 4) is 0 Å². The topological polar surface area (TPSA) is 3.88 Å². The molecule has 0 spiro atoms. The molecule has 1 aromatic heterocycles. The maximum absolute atomic E-state index is 2.54. The molecule has 1 heterocycles. The Kier molecular flexibility index (Phi) is 4.39. The Hall–Kier alpha value is -0.890. The summed E-state index contributed by atoms with van der Waals surface area (Å²) in [6.45, 7) is 3.38. The van der Waals surface area contributed by atoms with Gasteiger partial charge < -0.3 is 0 Å². The summed E-state index contributed by atoms with van der Waals surface area (Å²) >= 11 is 2.02. The molecule has 18 heavy (non-hydrogen) atoms. The minimum absolute atomic E-state index is 0. The van der Waals surface area contributed by atoms with Gasteiger partial charge in [-0.3, -0.25) is 0 Å². The zero-order valence-electron chi connectivity index (χ0n) is 10.5. The smallest absolute Gasteiger partial charge is 0.186 e. The molecule has 0 bridgehead atoms. The molecule has 1 aliphatic carbocycles. The third kappa shape index (κ3) is 2.31. The van der Waals surface area contributed by atoms with Gasteiger partial charge in [0.1, 0.15) is 11.2 Å². The molecule has 0 aliphatic heterocycles. The first-order chi connectivity index (χ1) is 8.40. The summed E-state index contributed by atoms with van der Waals surface area (Å²) in [6, 6.07) is 8.84. The van der Waals surface area contributed by atoms with Crippen LogP contribution in [0.2, 0.25) is 0 Å². The second-order valence-electron chi connectivity index (χ2n) is 4.99. The van der Waals surface area contributed by atoms with Crippen molar-refractivity contribution < 1.29 is 4.57 Å². The van der Waals surface area contributed by atoms with Crippen LogP contribution < -0.4 is 4.57 Å². The molecule has 1 nitrogen and oxygen atoms in total. The fourth-order valence-electron chi connectivity index (χ4n) is 3.03. The summed E-state index contributed by atoms with van der Waals surface area (Å²) in [5.74, 6) is 0.820. The Morgan fingerprint density at radius 1 is 1.17 bits per heavy atom. The molecule has 1 fully saturated rings. The summed E-state index contributed by atoms with van der Waals surface area (Å²) < 4.78 is 3.99. The van der Waals surface area contributed by atoms with Crippen LogP contribution >= 0.6 is 11.3 Å². The van der Waals surface area contributed by atoms with Crippen molar-refractivity contribution in [3.63, 3.8) is 0 Å². The highest BCUT2D eigenvalue weighted by molar-refractivity contribution is 7.18. The lowest BCUT2D eigenvalue weighted by atomic mass is 9.90. The highest BCUT2D eigenvalue weighted by atomic mass is 32.1. The largest absolute Gasteiger partial charge is 0.241 e. The quantitative estimate of drug-likeness (QED) is 0.678. The average molecular weight is 262 g/mol. The number of benzene rings is 1. The Balaban J connectivity index is 0.00000120. The van der Waals surface area contributed by atoms with E-state index in [0.717, 1.165) is 12.5 Å². The van der Waals surface area contributed by atoms with E-state index < -0.39 is 0 Å². The lowest BCUT2D eigenvalue weighted by Crippen LogP contribution is -2.36. The van der Waals surface area contributed by atoms with Crippen LogP contribution in [0.5, 0.6) is 0 Å². The minimum atomic E-state index is 0. The minimum Gasteiger partial charge on any atom is -0.186 e. The van der Waals surface area contributed by atoms with E-state index in [1.165, 1.54) is 42.3 Å². The molecular formula is C16H24NS+. The van der Waals surface area contributed by atoms with E-state index >= 15 is 0 Å². The van der Waals surface area contributed by atoms with Crippen LogP contribution in [0.1, 0.15) is 57.4 Å². The van der Waals surface area contributed by atoms with Gasteiger partial charge in [-0.05, 0) is 25.8 Å². The van der Waals surface area contributed by atoms with E-state index in [4.69, 9.17) is 0 Å². The van der Waals surface area contributed by atoms with E-state index in [1.807, 2.05) is 11.3 Å². The highest BCUT2D eigenvalue weighted by Gasteiger charge is 2.28. The molecule has 3 rings (SSSR count). The van der Waals surface area contributed by atoms with Crippen LogP contribution in [0.3, 0.4) is 0 Å². The molecule has 0 radical (unpaired) electrons. The summed E-state index contributed by atoms with van der Waals surface area (Å²) in [6.07, 6.45) is 7.07. The number of aryl methyl sites for hydroxylation is 1. The van der Waals surface area contributed by atoms with Crippen LogP contribution in [0.4, 0.5) is 0 Å². The van der Waals surface area contributed by atoms with Gasteiger partial charge in [-0.1, -0.05) is 50.2 Å². The number of hydrogen-bond donors (Lipinski definition) is 0. The van der Waals surface area contributed by atoms with Crippen molar-refractivity contribution in [1.29, 1.82) is 0 Å². The average Bonchev–Trinajstić information content (AvgIpc) is 2.78. The van der Waals surface area contributed by atoms with Gasteiger partial charge in [-0.2, -0.15) is 4.57 Å². The fourth-order valence-corrected chi connectivity index (χ4v) is 4.43. The number of fused-ring (bicyclic) bond motifs is 1. The van der Waals surface area contributed by atoms with Crippen molar-refractivity contribution in [2.24, 2.45) is 0 Å². The van der Waals surface area contributed by atoms with Crippen LogP contribution in [0.15, 0.2) is 24.3 Å². The van der Waals surface area contributed by atoms with Gasteiger partial charge in [0.15, 0.2) is 0 Å². The molecule has 0 atom stereocenters. The molecule has 2 aromatic rings. The molecular weight excluding hydrogens is 238 g/mol. The molecule has 1 aliphatic rings. The molecule has 0 saturated heterocycles. The molecule has 0 unspecified atom stereocenters. The van der Waals surface area contributed by atoms with Crippen LogP contribution in [-0.4, -0.2) is 0 Å². The summed E-state index contributed by atoms with van der Waals surface area (Å²) in [4.78, 5) is 0. The number of para-hydroxylation sites is 1. The Morgan fingerprint density at radius 2 is 1.89 bits per heavy atom. The van der Waals surface area contributed by atoms with Crippen molar-refractivity contribution in [2.75, 3.05) is 0 Å². The maximum Gasteiger partial charge on any atom is 0.241 e. The zero-order valence-corrected chi connectivity index (χ0v) is 11.3. The number of nitrogens with zero attached hydrogens (tertiary/aromatic N) is 1. The summed E-state index contributed by atoms with van der Waals surface area (Å²) in [5.41, 5.74) is 1.43. The van der Waals surface area contributed by atoms with Crippen LogP contribution in [0, 0.1) is 0 Å². The first-order valence-electron chi connectivity index (χ1n) is 6.81. The van der Waals surface area contributed by atoms with E-state index in [2.05, 4.69) is 35.8 Å². The lowest BCUT2D eigenvalue weighted by molar-refractivity contribution is -0.672. The summed E-state index contributed by atoms with van der Waals surface area (Å²) in [5, 5.41) is 1.62. The molecule has 1 aromatic carbocycles. The Bertz CT molecular complexity index is 509. The first kappa shape index (κ1) is 13.5. The molecule has 2 heteroatoms. The van der Waals surface area contributed by atoms with Crippen LogP contribution in [0.25, 0.3) is 10.2 Å². The Labute approximate surface area is 114 Å². The fraction of sp³-hybridized carbons (Fsp3) is 0.562. The predicted molar refractivity (Wildman–Crippen MR) is 80.3 cm³/mol. The van der Waals surface area contributed by atoms with E-state index in [1.54, 1.807) is 5.01 Å². The number of aromatic nitrogens is 1. The third-order valence-electron chi connectivity index (χ3n) is 3.91. The predicted octanol–water partition coefficient (Wildman–Crippen LogP) is 4.89. The van der Waals surface area contributed by atoms with Crippen molar-refractivity contribution in [1.82, 2.24) is 0 Å². The number of rotatable bonds is 2. The monoisotopic (exact) mass is 262 g/mol. The van der Waals surface area contributed by atoms with Gasteiger partial charge in [-0.25, -0.2) is 0 Å². The van der Waals surface area contributed by atoms with Gasteiger partial charge in [0.05, 0.1) is 5.92 Å². The standard InChI is InChI=1S/C15H20NS.CH4/c1-2-16-13-10-6-7-11-14(13)17-15(16)12-8-4-3-5-9-12;/h6-7,10-12H,2-5,8-9H2,1H3;1H4/q+1;. The Morgan fingerprint density at radius 3 is 2.61 bits per heavy atom. The number of thiazole rings is 1.